The molecule has 36 heavy (non-hydrogen) atoms. The molecule has 0 aliphatic rings. The molecule has 3 nitrogen and oxygen atoms in total. The average Bonchev–Trinajstić information content (AvgIpc) is 2.80. The summed E-state index contributed by atoms with van der Waals surface area (Å²) in [5.74, 6) is 4.21. The minimum atomic E-state index is 0.0872. The molecule has 0 saturated heterocycles. The predicted molar refractivity (Wildman–Crippen MR) is 148 cm³/mol. The highest BCUT2D eigenvalue weighted by atomic mass is 16.5. The third-order valence-corrected chi connectivity index (χ3v) is 6.02. The van der Waals surface area contributed by atoms with Gasteiger partial charge in [-0.25, -0.2) is 0 Å². The highest BCUT2D eigenvalue weighted by Crippen LogP contribution is 2.36. The third-order valence-electron chi connectivity index (χ3n) is 6.02. The summed E-state index contributed by atoms with van der Waals surface area (Å²) in [6, 6.07) is 30.1. The zero-order valence-corrected chi connectivity index (χ0v) is 22.4. The Balaban J connectivity index is 1.62. The van der Waals surface area contributed by atoms with Gasteiger partial charge in [0, 0.05) is 18.2 Å². The van der Waals surface area contributed by atoms with Gasteiger partial charge in [0.05, 0.1) is 0 Å². The monoisotopic (exact) mass is 480 g/mol. The van der Waals surface area contributed by atoms with Crippen molar-refractivity contribution in [3.63, 3.8) is 0 Å². The number of hydrogen-bond acceptors (Lipinski definition) is 3. The van der Waals surface area contributed by atoms with Crippen LogP contribution in [0.25, 0.3) is 0 Å². The van der Waals surface area contributed by atoms with Gasteiger partial charge in [0.2, 0.25) is 0 Å². The van der Waals surface area contributed by atoms with Crippen LogP contribution >= 0.6 is 0 Å². The van der Waals surface area contributed by atoms with Crippen molar-refractivity contribution >= 4 is 0 Å². The van der Waals surface area contributed by atoms with E-state index in [1.807, 2.05) is 66.7 Å². The molecule has 4 aromatic rings. The van der Waals surface area contributed by atoms with Crippen LogP contribution in [0.2, 0.25) is 0 Å². The molecule has 186 valence electrons. The van der Waals surface area contributed by atoms with Crippen LogP contribution in [0.3, 0.4) is 0 Å². The molecule has 0 spiro atoms. The number of aryl methyl sites for hydroxylation is 1. The zero-order chi connectivity index (χ0) is 25.9. The molecule has 3 heteroatoms. The molecule has 0 saturated carbocycles. The molecular formula is C33H36O3. The summed E-state index contributed by atoms with van der Waals surface area (Å²) in [4.78, 5) is 0. The lowest BCUT2D eigenvalue weighted by Gasteiger charge is -2.19. The summed E-state index contributed by atoms with van der Waals surface area (Å²) in [5.41, 5.74) is 3.87. The molecular weight excluding hydrogens is 444 g/mol. The Hall–Kier alpha value is -3.72. The summed E-state index contributed by atoms with van der Waals surface area (Å²) in [5, 5.41) is 0. The van der Waals surface area contributed by atoms with Crippen molar-refractivity contribution in [1.29, 1.82) is 0 Å². The van der Waals surface area contributed by atoms with E-state index < -0.39 is 0 Å². The summed E-state index contributed by atoms with van der Waals surface area (Å²) in [7, 11) is 0. The van der Waals surface area contributed by atoms with Gasteiger partial charge in [-0.15, -0.1) is 0 Å². The van der Waals surface area contributed by atoms with E-state index in [9.17, 15) is 0 Å². The van der Waals surface area contributed by atoms with E-state index in [-0.39, 0.29) is 10.8 Å². The second-order valence-electron chi connectivity index (χ2n) is 11.3. The molecule has 0 aliphatic carbocycles. The van der Waals surface area contributed by atoms with Gasteiger partial charge < -0.3 is 14.2 Å². The summed E-state index contributed by atoms with van der Waals surface area (Å²) >= 11 is 0. The molecule has 4 rings (SSSR count). The van der Waals surface area contributed by atoms with Gasteiger partial charge in [-0.1, -0.05) is 83.5 Å². The van der Waals surface area contributed by atoms with E-state index in [0.29, 0.717) is 17.2 Å². The Morgan fingerprint density at radius 2 is 0.667 bits per heavy atom. The smallest absolute Gasteiger partial charge is 0.134 e. The van der Waals surface area contributed by atoms with E-state index in [1.54, 1.807) is 0 Å². The highest BCUT2D eigenvalue weighted by molar-refractivity contribution is 5.48. The van der Waals surface area contributed by atoms with Gasteiger partial charge in [0.1, 0.15) is 34.5 Å². The van der Waals surface area contributed by atoms with Crippen LogP contribution in [0.15, 0.2) is 91.0 Å². The first kappa shape index (κ1) is 25.4. The van der Waals surface area contributed by atoms with Crippen LogP contribution < -0.4 is 14.2 Å². The summed E-state index contributed by atoms with van der Waals surface area (Å²) < 4.78 is 18.6. The van der Waals surface area contributed by atoms with Gasteiger partial charge in [-0.05, 0) is 65.3 Å². The van der Waals surface area contributed by atoms with Crippen LogP contribution in [-0.4, -0.2) is 0 Å². The highest BCUT2D eigenvalue weighted by Gasteiger charge is 2.15. The van der Waals surface area contributed by atoms with Crippen molar-refractivity contribution in [2.75, 3.05) is 0 Å². The molecule has 4 aromatic carbocycles. The van der Waals surface area contributed by atoms with Crippen LogP contribution in [0, 0.1) is 6.92 Å². The fraction of sp³-hybridized carbons (Fsp3) is 0.273. The molecule has 0 heterocycles. The molecule has 0 aromatic heterocycles. The van der Waals surface area contributed by atoms with Crippen molar-refractivity contribution in [2.24, 2.45) is 0 Å². The third kappa shape index (κ3) is 6.69. The predicted octanol–water partition coefficient (Wildman–Crippen LogP) is 9.97. The molecule has 0 N–H and O–H groups in total. The minimum Gasteiger partial charge on any atom is -0.457 e. The lowest BCUT2D eigenvalue weighted by Crippen LogP contribution is -2.10. The summed E-state index contributed by atoms with van der Waals surface area (Å²) in [6.45, 7) is 15.3. The second-order valence-corrected chi connectivity index (χ2v) is 11.3. The van der Waals surface area contributed by atoms with Crippen LogP contribution in [0.1, 0.15) is 58.2 Å². The maximum atomic E-state index is 6.23. The van der Waals surface area contributed by atoms with Crippen molar-refractivity contribution in [3.8, 4) is 34.5 Å². The van der Waals surface area contributed by atoms with E-state index in [1.165, 1.54) is 16.7 Å². The average molecular weight is 481 g/mol. The van der Waals surface area contributed by atoms with Gasteiger partial charge >= 0.3 is 0 Å². The maximum Gasteiger partial charge on any atom is 0.134 e. The number of ether oxygens (including phenoxy) is 3. The zero-order valence-electron chi connectivity index (χ0n) is 22.4. The number of hydrogen-bond donors (Lipinski definition) is 0. The number of rotatable bonds is 6. The largest absolute Gasteiger partial charge is 0.457 e. The first-order chi connectivity index (χ1) is 17.0. The van der Waals surface area contributed by atoms with Crippen LogP contribution in [-0.2, 0) is 10.8 Å². The fourth-order valence-corrected chi connectivity index (χ4v) is 3.78. The molecule has 0 aliphatic heterocycles. The van der Waals surface area contributed by atoms with Crippen LogP contribution in [0.5, 0.6) is 34.5 Å². The topological polar surface area (TPSA) is 27.7 Å². The van der Waals surface area contributed by atoms with Crippen molar-refractivity contribution in [3.05, 3.63) is 108 Å². The van der Waals surface area contributed by atoms with E-state index in [4.69, 9.17) is 14.2 Å². The van der Waals surface area contributed by atoms with Crippen molar-refractivity contribution < 1.29 is 14.2 Å². The second kappa shape index (κ2) is 10.1. The Morgan fingerprint density at radius 3 is 0.944 bits per heavy atom. The normalized spacial score (nSPS) is 11.8. The van der Waals surface area contributed by atoms with E-state index >= 15 is 0 Å². The SMILES string of the molecule is Cc1ccc(Oc2cc(Oc3ccc(C(C)(C)C)cc3)cc(Oc3ccc(C(C)(C)C)cc3)c2)cc1. The minimum absolute atomic E-state index is 0.0872. The summed E-state index contributed by atoms with van der Waals surface area (Å²) in [6.07, 6.45) is 0. The lowest BCUT2D eigenvalue weighted by atomic mass is 9.87. The van der Waals surface area contributed by atoms with E-state index in [2.05, 4.69) is 72.7 Å². The van der Waals surface area contributed by atoms with Crippen molar-refractivity contribution in [2.45, 2.75) is 59.3 Å². The molecule has 0 fully saturated rings. The Labute approximate surface area is 215 Å². The fourth-order valence-electron chi connectivity index (χ4n) is 3.78. The number of benzene rings is 4. The maximum absolute atomic E-state index is 6.23. The van der Waals surface area contributed by atoms with Crippen molar-refractivity contribution in [1.82, 2.24) is 0 Å². The molecule has 0 radical (unpaired) electrons. The quantitative estimate of drug-likeness (QED) is 0.275. The Kier molecular flexibility index (Phi) is 7.12. The first-order valence-electron chi connectivity index (χ1n) is 12.4. The van der Waals surface area contributed by atoms with Gasteiger partial charge in [-0.2, -0.15) is 0 Å². The molecule has 0 bridgehead atoms. The van der Waals surface area contributed by atoms with Crippen LogP contribution in [0.4, 0.5) is 0 Å². The standard InChI is InChI=1S/C33H36O3/c1-23-8-14-26(15-9-23)34-29-20-30(35-27-16-10-24(11-17-27)32(2,3)4)22-31(21-29)36-28-18-12-25(13-19-28)33(5,6)7/h8-22H,1-7H3. The molecule has 0 atom stereocenters. The first-order valence-corrected chi connectivity index (χ1v) is 12.4. The molecule has 0 unspecified atom stereocenters. The van der Waals surface area contributed by atoms with E-state index in [0.717, 1.165) is 17.2 Å². The Morgan fingerprint density at radius 1 is 0.389 bits per heavy atom. The van der Waals surface area contributed by atoms with Gasteiger partial charge in [-0.3, -0.25) is 0 Å². The lowest BCUT2D eigenvalue weighted by molar-refractivity contribution is 0.439. The van der Waals surface area contributed by atoms with Gasteiger partial charge in [0.25, 0.3) is 0 Å². The van der Waals surface area contributed by atoms with Gasteiger partial charge in [0.15, 0.2) is 0 Å². The molecule has 0 amide bonds. The Bertz CT molecular complexity index is 1210.